The Hall–Kier alpha value is -3.95. The van der Waals surface area contributed by atoms with E-state index in [-0.39, 0.29) is 0 Å². The number of anilines is 3. The molecule has 1 aromatic heterocycles. The first kappa shape index (κ1) is 29.1. The second kappa shape index (κ2) is 13.6. The van der Waals surface area contributed by atoms with Crippen molar-refractivity contribution < 1.29 is 9.47 Å². The average molecular weight is 582 g/mol. The maximum Gasteiger partial charge on any atom is 0.227 e. The highest BCUT2D eigenvalue weighted by Gasteiger charge is 2.27. The summed E-state index contributed by atoms with van der Waals surface area (Å²) in [5.74, 6) is 1.29. The number of allylic oxidation sites excluding steroid dienone is 2. The van der Waals surface area contributed by atoms with Crippen LogP contribution in [0.25, 0.3) is 5.57 Å². The van der Waals surface area contributed by atoms with Gasteiger partial charge in [0.05, 0.1) is 18.0 Å². The lowest BCUT2D eigenvalue weighted by Gasteiger charge is -2.41. The van der Waals surface area contributed by atoms with Crippen LogP contribution in [0.5, 0.6) is 5.75 Å². The first-order chi connectivity index (χ1) is 21.1. The number of aryl methyl sites for hydroxylation is 1. The molecule has 43 heavy (non-hydrogen) atoms. The zero-order chi connectivity index (χ0) is 29.6. The van der Waals surface area contributed by atoms with E-state index in [0.29, 0.717) is 37.2 Å². The maximum atomic E-state index is 8.84. The van der Waals surface area contributed by atoms with Crippen molar-refractivity contribution in [2.24, 2.45) is 0 Å². The Morgan fingerprint density at radius 2 is 1.84 bits per heavy atom. The van der Waals surface area contributed by atoms with Crippen LogP contribution in [0.4, 0.5) is 17.3 Å². The summed E-state index contributed by atoms with van der Waals surface area (Å²) in [6.07, 6.45) is 6.33. The molecule has 2 fully saturated rings. The van der Waals surface area contributed by atoms with E-state index in [9.17, 15) is 0 Å². The number of nitrogens with one attached hydrogen (secondary N) is 3. The molecule has 9 nitrogen and oxygen atoms in total. The van der Waals surface area contributed by atoms with Gasteiger partial charge in [-0.1, -0.05) is 30.3 Å². The number of benzene rings is 2. The zero-order valence-electron chi connectivity index (χ0n) is 25.4. The average Bonchev–Trinajstić information content (AvgIpc) is 3.06. The van der Waals surface area contributed by atoms with Crippen LogP contribution in [-0.2, 0) is 17.6 Å². The molecule has 1 aliphatic carbocycles. The lowest BCUT2D eigenvalue weighted by Crippen LogP contribution is -2.51. The molecule has 0 bridgehead atoms. The number of hydrogen-bond donors (Lipinski definition) is 3. The first-order valence-electron chi connectivity index (χ1n) is 15.6. The van der Waals surface area contributed by atoms with E-state index < -0.39 is 0 Å². The van der Waals surface area contributed by atoms with Gasteiger partial charge in [-0.15, -0.1) is 0 Å². The number of aromatic nitrogens is 2. The zero-order valence-corrected chi connectivity index (χ0v) is 25.4. The summed E-state index contributed by atoms with van der Waals surface area (Å²) >= 11 is 0. The minimum absolute atomic E-state index is 0.500. The molecule has 3 N–H and O–H groups in total. The van der Waals surface area contributed by atoms with Crippen molar-refractivity contribution in [3.63, 3.8) is 0 Å². The lowest BCUT2D eigenvalue weighted by molar-refractivity contribution is 0.0321. The van der Waals surface area contributed by atoms with Crippen molar-refractivity contribution in [1.82, 2.24) is 20.2 Å². The van der Waals surface area contributed by atoms with Gasteiger partial charge in [-0.25, -0.2) is 9.97 Å². The predicted octanol–water partition coefficient (Wildman–Crippen LogP) is 5.06. The fourth-order valence-corrected chi connectivity index (χ4v) is 6.42. The Balaban J connectivity index is 1.22. The Labute approximate surface area is 254 Å². The van der Waals surface area contributed by atoms with Crippen LogP contribution in [0.2, 0.25) is 0 Å². The van der Waals surface area contributed by atoms with E-state index >= 15 is 0 Å². The third kappa shape index (κ3) is 6.68. The van der Waals surface area contributed by atoms with E-state index in [1.165, 1.54) is 11.3 Å². The molecule has 6 rings (SSSR count). The van der Waals surface area contributed by atoms with E-state index in [4.69, 9.17) is 19.9 Å². The van der Waals surface area contributed by atoms with Crippen LogP contribution < -0.4 is 20.3 Å². The van der Waals surface area contributed by atoms with Crippen molar-refractivity contribution in [3.8, 4) is 5.75 Å². The molecule has 9 heteroatoms. The number of ether oxygens (including phenoxy) is 2. The highest BCUT2D eigenvalue weighted by molar-refractivity contribution is 6.24. The van der Waals surface area contributed by atoms with Gasteiger partial charge in [0, 0.05) is 93.8 Å². The number of likely N-dealkylation sites (N-methyl/N-ethyl adjacent to an activating group) is 1. The summed E-state index contributed by atoms with van der Waals surface area (Å²) in [5.41, 5.74) is 7.57. The third-order valence-electron chi connectivity index (χ3n) is 8.77. The van der Waals surface area contributed by atoms with Gasteiger partial charge in [-0.3, -0.25) is 4.90 Å². The van der Waals surface area contributed by atoms with Gasteiger partial charge in [-0.2, -0.15) is 0 Å². The number of fused-ring (bicyclic) bond motifs is 1. The highest BCUT2D eigenvalue weighted by atomic mass is 16.5. The molecule has 2 saturated heterocycles. The monoisotopic (exact) mass is 581 g/mol. The fourth-order valence-electron chi connectivity index (χ4n) is 6.42. The first-order valence-corrected chi connectivity index (χ1v) is 15.6. The van der Waals surface area contributed by atoms with E-state index in [0.717, 1.165) is 92.6 Å². The fraction of sp³-hybridized carbons (Fsp3) is 0.441. The summed E-state index contributed by atoms with van der Waals surface area (Å²) in [6.45, 7) is 8.49. The summed E-state index contributed by atoms with van der Waals surface area (Å²) < 4.78 is 11.7. The standard InChI is InChI=1S/C34H43N7O2/c1-3-43-31-22-27(41-17-15-40(16-18-41)26-13-19-42-20-14-26)10-12-29(31)38-34-37-23-25-9-11-28(35)32(33(25)39-34)30(36-2)21-24-7-5-4-6-8-24/h4-8,10,12,22-23,26,35-36H,3,9,11,13-21H2,1-2H3,(H,37,38,39)/b32-30+,35-28?. The second-order valence-electron chi connectivity index (χ2n) is 11.4. The molecule has 0 radical (unpaired) electrons. The second-order valence-corrected chi connectivity index (χ2v) is 11.4. The van der Waals surface area contributed by atoms with Crippen molar-refractivity contribution in [3.05, 3.63) is 77.2 Å². The molecule has 0 unspecified atom stereocenters. The number of nitrogens with zero attached hydrogens (tertiary/aromatic N) is 4. The normalized spacial score (nSPS) is 19.1. The van der Waals surface area contributed by atoms with Crippen LogP contribution >= 0.6 is 0 Å². The molecule has 226 valence electrons. The quantitative estimate of drug-likeness (QED) is 0.323. The Morgan fingerprint density at radius 1 is 1.05 bits per heavy atom. The van der Waals surface area contributed by atoms with Crippen LogP contribution in [0.15, 0.2) is 60.4 Å². The molecule has 0 spiro atoms. The van der Waals surface area contributed by atoms with Gasteiger partial charge in [0.2, 0.25) is 5.95 Å². The van der Waals surface area contributed by atoms with E-state index in [2.05, 4.69) is 55.7 Å². The lowest BCUT2D eigenvalue weighted by atomic mass is 9.88. The molecule has 2 aliphatic heterocycles. The van der Waals surface area contributed by atoms with Gasteiger partial charge < -0.3 is 30.4 Å². The molecule has 3 heterocycles. The predicted molar refractivity (Wildman–Crippen MR) is 173 cm³/mol. The number of rotatable bonds is 9. The van der Waals surface area contributed by atoms with Crippen molar-refractivity contribution in [2.45, 2.75) is 45.1 Å². The van der Waals surface area contributed by atoms with Crippen molar-refractivity contribution in [1.29, 1.82) is 5.41 Å². The molecular formula is C34H43N7O2. The van der Waals surface area contributed by atoms with Crippen molar-refractivity contribution >= 4 is 28.6 Å². The minimum atomic E-state index is 0.500. The number of piperazine rings is 1. The summed E-state index contributed by atoms with van der Waals surface area (Å²) in [5, 5.41) is 15.6. The van der Waals surface area contributed by atoms with Crippen LogP contribution in [-0.4, -0.2) is 79.7 Å². The Kier molecular flexibility index (Phi) is 9.19. The largest absolute Gasteiger partial charge is 0.492 e. The summed E-state index contributed by atoms with van der Waals surface area (Å²) in [4.78, 5) is 14.7. The number of hydrogen-bond acceptors (Lipinski definition) is 9. The Morgan fingerprint density at radius 3 is 2.58 bits per heavy atom. The SMILES string of the molecule is CCOc1cc(N2CCN(C3CCOCC3)CC2)ccc1Nc1ncc2c(n1)/C(=C(\Cc1ccccc1)NC)C(=N)CC2. The topological polar surface area (TPSA) is 98.6 Å². The van der Waals surface area contributed by atoms with Gasteiger partial charge in [-0.05, 0) is 55.9 Å². The minimum Gasteiger partial charge on any atom is -0.492 e. The molecule has 3 aliphatic rings. The van der Waals surface area contributed by atoms with E-state index in [1.807, 2.05) is 38.4 Å². The van der Waals surface area contributed by atoms with Crippen LogP contribution in [0.1, 0.15) is 43.0 Å². The molecule has 0 amide bonds. The van der Waals surface area contributed by atoms with Gasteiger partial charge in [0.25, 0.3) is 0 Å². The van der Waals surface area contributed by atoms with Gasteiger partial charge >= 0.3 is 0 Å². The highest BCUT2D eigenvalue weighted by Crippen LogP contribution is 2.34. The summed E-state index contributed by atoms with van der Waals surface area (Å²) in [7, 11) is 1.92. The molecule has 0 atom stereocenters. The molecular weight excluding hydrogens is 538 g/mol. The van der Waals surface area contributed by atoms with Crippen molar-refractivity contribution in [2.75, 3.05) is 63.3 Å². The smallest absolute Gasteiger partial charge is 0.227 e. The maximum absolute atomic E-state index is 8.84. The molecule has 2 aromatic carbocycles. The summed E-state index contributed by atoms with van der Waals surface area (Å²) in [6, 6.07) is 17.4. The third-order valence-corrected chi connectivity index (χ3v) is 8.77. The van der Waals surface area contributed by atoms with Crippen LogP contribution in [0.3, 0.4) is 0 Å². The van der Waals surface area contributed by atoms with Gasteiger partial charge in [0.1, 0.15) is 5.75 Å². The van der Waals surface area contributed by atoms with Crippen LogP contribution in [0, 0.1) is 5.41 Å². The Bertz CT molecular complexity index is 1440. The van der Waals surface area contributed by atoms with E-state index in [1.54, 1.807) is 0 Å². The molecule has 3 aromatic rings. The molecule has 0 saturated carbocycles. The van der Waals surface area contributed by atoms with Gasteiger partial charge in [0.15, 0.2) is 0 Å².